The molecular formula is C53H73ClSi. The molecule has 0 saturated carbocycles. The SMILES string of the molecule is C.CC1=Cc2c(cc(C(C)(C)C)c(C)c2-c2ccc(C(C)(C)C)cc2)C1[Si](C)(C)Cl.CC1=Cc2cc(C(C)(C)C)c(C)c(-c3ccc(C(C)(C)C)cc3)c2C1. The van der Waals surface area contributed by atoms with Crippen molar-refractivity contribution in [3.05, 3.63) is 127 Å². The lowest BCUT2D eigenvalue weighted by atomic mass is 9.78. The summed E-state index contributed by atoms with van der Waals surface area (Å²) in [7, 11) is -1.89. The molecule has 2 aliphatic carbocycles. The van der Waals surface area contributed by atoms with Crippen LogP contribution in [0.2, 0.25) is 13.1 Å². The molecule has 0 fully saturated rings. The third-order valence-corrected chi connectivity index (χ3v) is 14.6. The Morgan fingerprint density at radius 2 is 0.982 bits per heavy atom. The molecule has 0 heterocycles. The van der Waals surface area contributed by atoms with Gasteiger partial charge in [-0.25, -0.2) is 0 Å². The molecule has 2 heteroatoms. The zero-order chi connectivity index (χ0) is 40.5. The van der Waals surface area contributed by atoms with Crippen LogP contribution in [-0.4, -0.2) is 7.38 Å². The van der Waals surface area contributed by atoms with Gasteiger partial charge in [-0.3, -0.25) is 0 Å². The van der Waals surface area contributed by atoms with Crippen molar-refractivity contribution in [3.8, 4) is 22.3 Å². The number of benzene rings is 4. The molecule has 0 nitrogen and oxygen atoms in total. The average molecular weight is 774 g/mol. The van der Waals surface area contributed by atoms with Crippen LogP contribution in [0.3, 0.4) is 0 Å². The molecule has 0 aromatic heterocycles. The van der Waals surface area contributed by atoms with Crippen LogP contribution in [0.15, 0.2) is 71.8 Å². The van der Waals surface area contributed by atoms with Gasteiger partial charge in [0.25, 0.3) is 0 Å². The van der Waals surface area contributed by atoms with Gasteiger partial charge in [0, 0.05) is 5.54 Å². The third kappa shape index (κ3) is 9.21. The molecule has 55 heavy (non-hydrogen) atoms. The second-order valence-corrected chi connectivity index (χ2v) is 27.8. The van der Waals surface area contributed by atoms with Gasteiger partial charge in [-0.15, -0.1) is 0 Å². The van der Waals surface area contributed by atoms with Gasteiger partial charge in [-0.2, -0.15) is 11.1 Å². The van der Waals surface area contributed by atoms with Crippen molar-refractivity contribution >= 4 is 30.6 Å². The Bertz CT molecular complexity index is 2100. The van der Waals surface area contributed by atoms with Crippen LogP contribution in [-0.2, 0) is 28.1 Å². The number of allylic oxidation sites excluding steroid dienone is 2. The molecular weight excluding hydrogens is 700 g/mol. The summed E-state index contributed by atoms with van der Waals surface area (Å²) in [5.74, 6) is 0. The van der Waals surface area contributed by atoms with Gasteiger partial charge in [0.1, 0.15) is 0 Å². The van der Waals surface area contributed by atoms with Gasteiger partial charge >= 0.3 is 0 Å². The molecule has 0 amide bonds. The lowest BCUT2D eigenvalue weighted by molar-refractivity contribution is 0.585. The van der Waals surface area contributed by atoms with Crippen molar-refractivity contribution < 1.29 is 0 Å². The highest BCUT2D eigenvalue weighted by Gasteiger charge is 2.39. The molecule has 296 valence electrons. The lowest BCUT2D eigenvalue weighted by Gasteiger charge is -2.30. The first kappa shape index (κ1) is 44.6. The van der Waals surface area contributed by atoms with Crippen LogP contribution >= 0.6 is 11.1 Å². The highest BCUT2D eigenvalue weighted by molar-refractivity contribution is 7.20. The Labute approximate surface area is 343 Å². The minimum Gasteiger partial charge on any atom is -0.167 e. The van der Waals surface area contributed by atoms with Crippen LogP contribution in [0.4, 0.5) is 0 Å². The topological polar surface area (TPSA) is 0 Å². The van der Waals surface area contributed by atoms with Crippen LogP contribution in [0.1, 0.15) is 166 Å². The highest BCUT2D eigenvalue weighted by atomic mass is 35.6. The standard InChI is InChI=1S/C27H37ClSi.C25H32.CH4/c1-17-15-21-22(25(17)29(9,10)28)16-23(27(6,7)8)18(2)24(21)19-11-13-20(14-12-19)26(3,4)5;1-16-13-19-15-22(25(6,7)8)17(2)23(21(19)14-16)18-9-11-20(12-10-18)24(3,4)5;/h11-16,25H,1-10H3;9-13,15H,14H2,1-8H3;1H4. The van der Waals surface area contributed by atoms with Crippen LogP contribution < -0.4 is 0 Å². The summed E-state index contributed by atoms with van der Waals surface area (Å²) in [6.07, 6.45) is 5.86. The van der Waals surface area contributed by atoms with Crippen molar-refractivity contribution in [2.24, 2.45) is 0 Å². The summed E-state index contributed by atoms with van der Waals surface area (Å²) >= 11 is 7.04. The van der Waals surface area contributed by atoms with Crippen molar-refractivity contribution in [1.82, 2.24) is 0 Å². The first-order valence-electron chi connectivity index (χ1n) is 20.2. The van der Waals surface area contributed by atoms with E-state index in [1.807, 2.05) is 0 Å². The van der Waals surface area contributed by atoms with E-state index >= 15 is 0 Å². The predicted molar refractivity (Wildman–Crippen MR) is 252 cm³/mol. The van der Waals surface area contributed by atoms with Gasteiger partial charge in [0.15, 0.2) is 7.38 Å². The van der Waals surface area contributed by atoms with E-state index in [0.717, 1.165) is 6.42 Å². The average Bonchev–Trinajstić information content (AvgIpc) is 3.56. The number of hydrogen-bond acceptors (Lipinski definition) is 0. The number of halogens is 1. The molecule has 0 bridgehead atoms. The molecule has 1 unspecified atom stereocenters. The van der Waals surface area contributed by atoms with Gasteiger partial charge in [0.05, 0.1) is 0 Å². The first-order chi connectivity index (χ1) is 24.6. The fourth-order valence-electron chi connectivity index (χ4n) is 9.05. The molecule has 1 atom stereocenters. The van der Waals surface area contributed by atoms with Crippen molar-refractivity contribution in [1.29, 1.82) is 0 Å². The van der Waals surface area contributed by atoms with E-state index in [4.69, 9.17) is 11.1 Å². The maximum Gasteiger partial charge on any atom is 0.161 e. The Kier molecular flexibility index (Phi) is 12.4. The van der Waals surface area contributed by atoms with Gasteiger partial charge in [-0.1, -0.05) is 188 Å². The summed E-state index contributed by atoms with van der Waals surface area (Å²) in [5, 5.41) is 0. The van der Waals surface area contributed by atoms with Gasteiger partial charge in [-0.05, 0) is 134 Å². The number of hydrogen-bond donors (Lipinski definition) is 0. The minimum absolute atomic E-state index is 0. The largest absolute Gasteiger partial charge is 0.167 e. The summed E-state index contributed by atoms with van der Waals surface area (Å²) in [4.78, 5) is 0. The van der Waals surface area contributed by atoms with Gasteiger partial charge in [0.2, 0.25) is 0 Å². The number of fused-ring (bicyclic) bond motifs is 2. The molecule has 0 spiro atoms. The monoisotopic (exact) mass is 773 g/mol. The first-order valence-corrected chi connectivity index (χ1v) is 24.3. The van der Waals surface area contributed by atoms with E-state index in [9.17, 15) is 0 Å². The molecule has 6 rings (SSSR count). The molecule has 0 aliphatic heterocycles. The van der Waals surface area contributed by atoms with Crippen molar-refractivity contribution in [2.75, 3.05) is 0 Å². The van der Waals surface area contributed by atoms with Crippen LogP contribution in [0, 0.1) is 13.8 Å². The minimum atomic E-state index is -1.89. The number of rotatable bonds is 3. The second kappa shape index (κ2) is 15.3. The zero-order valence-corrected chi connectivity index (χ0v) is 38.8. The molecule has 0 radical (unpaired) electrons. The van der Waals surface area contributed by atoms with Crippen LogP contribution in [0.25, 0.3) is 34.4 Å². The van der Waals surface area contributed by atoms with Crippen molar-refractivity contribution in [3.63, 3.8) is 0 Å². The second-order valence-electron chi connectivity index (χ2n) is 21.1. The fraction of sp³-hybridized carbons (Fsp3) is 0.472. The molecule has 4 aromatic carbocycles. The van der Waals surface area contributed by atoms with Crippen molar-refractivity contribution in [2.45, 2.75) is 165 Å². The van der Waals surface area contributed by atoms with E-state index < -0.39 is 7.38 Å². The van der Waals surface area contributed by atoms with E-state index in [-0.39, 0.29) is 29.1 Å². The molecule has 0 N–H and O–H groups in total. The lowest BCUT2D eigenvalue weighted by Crippen LogP contribution is -2.28. The fourth-order valence-corrected chi connectivity index (χ4v) is 12.1. The summed E-state index contributed by atoms with van der Waals surface area (Å²) in [6.45, 7) is 41.2. The van der Waals surface area contributed by atoms with E-state index in [1.54, 1.807) is 0 Å². The van der Waals surface area contributed by atoms with E-state index in [2.05, 4.69) is 197 Å². The maximum atomic E-state index is 7.04. The summed E-state index contributed by atoms with van der Waals surface area (Å²) in [6, 6.07) is 23.4. The summed E-state index contributed by atoms with van der Waals surface area (Å²) in [5.41, 5.74) is 23.7. The zero-order valence-electron chi connectivity index (χ0n) is 37.1. The third-order valence-electron chi connectivity index (χ3n) is 11.8. The smallest absolute Gasteiger partial charge is 0.161 e. The quantitative estimate of drug-likeness (QED) is 0.144. The van der Waals surface area contributed by atoms with Gasteiger partial charge < -0.3 is 0 Å². The molecule has 0 saturated heterocycles. The summed E-state index contributed by atoms with van der Waals surface area (Å²) < 4.78 is 0. The Morgan fingerprint density at radius 3 is 1.40 bits per heavy atom. The van der Waals surface area contributed by atoms with E-state index in [1.165, 1.54) is 89.0 Å². The Balaban J connectivity index is 0.000000243. The Morgan fingerprint density at radius 1 is 0.564 bits per heavy atom. The normalized spacial score (nSPS) is 15.7. The molecule has 2 aliphatic rings. The predicted octanol–water partition coefficient (Wildman–Crippen LogP) is 16.6. The highest BCUT2D eigenvalue weighted by Crippen LogP contribution is 2.50. The molecule has 4 aromatic rings. The van der Waals surface area contributed by atoms with Crippen LogP contribution in [0.5, 0.6) is 0 Å². The Hall–Kier alpha value is -3.13. The van der Waals surface area contributed by atoms with E-state index in [0.29, 0.717) is 5.54 Å². The maximum absolute atomic E-state index is 7.04.